The van der Waals surface area contributed by atoms with Crippen LogP contribution >= 0.6 is 0 Å². The zero-order chi connectivity index (χ0) is 13.4. The molecule has 0 saturated carbocycles. The molecule has 0 aliphatic carbocycles. The zero-order valence-corrected chi connectivity index (χ0v) is 17.9. The van der Waals surface area contributed by atoms with E-state index >= 15 is 0 Å². The van der Waals surface area contributed by atoms with Gasteiger partial charge >= 0.3 is 59.1 Å². The minimum absolute atomic E-state index is 0. The van der Waals surface area contributed by atoms with Crippen LogP contribution in [-0.4, -0.2) is 48.5 Å². The molecule has 2 amide bonds. The van der Waals surface area contributed by atoms with Crippen molar-refractivity contribution >= 4 is 37.1 Å². The minimum Gasteiger partial charge on any atom is -0.791 e. The number of hydrogen-bond acceptors (Lipinski definition) is 5. The van der Waals surface area contributed by atoms with Crippen LogP contribution in [0.3, 0.4) is 0 Å². The van der Waals surface area contributed by atoms with Gasteiger partial charge in [-0.1, -0.05) is 0 Å². The Bertz CT molecular complexity index is 273. The van der Waals surface area contributed by atoms with Gasteiger partial charge in [-0.05, 0) is 32.4 Å². The number of rotatable bonds is 6. The average Bonchev–Trinajstić information content (AvgIpc) is 2.42. The Balaban J connectivity index is 0. The van der Waals surface area contributed by atoms with Crippen LogP contribution < -0.4 is 75.1 Å². The second kappa shape index (κ2) is 14.2. The third-order valence-electron chi connectivity index (χ3n) is 2.82. The Morgan fingerprint density at radius 1 is 0.950 bits per heavy atom. The van der Waals surface area contributed by atoms with E-state index in [1.807, 2.05) is 0 Å². The minimum atomic E-state index is -0.292. The molecule has 1 saturated heterocycles. The first kappa shape index (κ1) is 23.9. The normalized spacial score (nSPS) is 21.1. The molecule has 1 rings (SSSR count). The number of piperidine rings is 1. The van der Waals surface area contributed by atoms with Crippen molar-refractivity contribution in [2.45, 2.75) is 31.3 Å². The molecular weight excluding hydrogens is 316 g/mol. The summed E-state index contributed by atoms with van der Waals surface area (Å²) in [6.07, 6.45) is 2.38. The van der Waals surface area contributed by atoms with Crippen molar-refractivity contribution in [3.63, 3.8) is 0 Å². The Hall–Kier alpha value is 1.60. The fourth-order valence-corrected chi connectivity index (χ4v) is 2.15. The average molecular weight is 335 g/mol. The van der Waals surface area contributed by atoms with Crippen LogP contribution in [0.2, 0.25) is 0 Å². The van der Waals surface area contributed by atoms with Crippen molar-refractivity contribution in [3.8, 4) is 0 Å². The Kier molecular flexibility index (Phi) is 17.0. The molecule has 2 unspecified atom stereocenters. The molecule has 0 aromatic rings. The van der Waals surface area contributed by atoms with Gasteiger partial charge in [0.25, 0.3) is 0 Å². The molecule has 0 radical (unpaired) electrons. The van der Waals surface area contributed by atoms with Crippen molar-refractivity contribution in [2.24, 2.45) is 0 Å². The van der Waals surface area contributed by atoms with Crippen molar-refractivity contribution in [3.05, 3.63) is 0 Å². The molecule has 1 aliphatic heterocycles. The molecule has 2 atom stereocenters. The van der Waals surface area contributed by atoms with Crippen LogP contribution in [-0.2, 0) is 34.8 Å². The predicted molar refractivity (Wildman–Crippen MR) is 75.0 cm³/mol. The summed E-state index contributed by atoms with van der Waals surface area (Å²) in [5.74, 6) is 0.865. The van der Waals surface area contributed by atoms with E-state index in [9.17, 15) is 9.59 Å². The summed E-state index contributed by atoms with van der Waals surface area (Å²) in [4.78, 5) is 23.5. The molecule has 20 heavy (non-hydrogen) atoms. The van der Waals surface area contributed by atoms with Crippen molar-refractivity contribution in [2.75, 3.05) is 24.6 Å². The van der Waals surface area contributed by atoms with E-state index in [0.717, 1.165) is 19.3 Å². The molecule has 1 heterocycles. The maximum Gasteiger partial charge on any atom is 1.00 e. The van der Waals surface area contributed by atoms with E-state index in [1.165, 1.54) is 0 Å². The first-order valence-electron chi connectivity index (χ1n) is 6.16. The molecule has 0 spiro atoms. The summed E-state index contributed by atoms with van der Waals surface area (Å²) in [5.41, 5.74) is 0. The number of nitrogens with one attached hydrogen (secondary N) is 3. The van der Waals surface area contributed by atoms with Gasteiger partial charge in [-0.3, -0.25) is 14.9 Å². The van der Waals surface area contributed by atoms with Crippen molar-refractivity contribution in [1.29, 1.82) is 0 Å². The molecule has 104 valence electrons. The fourth-order valence-electron chi connectivity index (χ4n) is 1.94. The summed E-state index contributed by atoms with van der Waals surface area (Å²) in [7, 11) is 0. The first-order valence-corrected chi connectivity index (χ1v) is 7.32. The van der Waals surface area contributed by atoms with Crippen LogP contribution in [0.1, 0.15) is 19.3 Å². The summed E-state index contributed by atoms with van der Waals surface area (Å²) < 4.78 is 0. The van der Waals surface area contributed by atoms with E-state index in [1.54, 1.807) is 0 Å². The summed E-state index contributed by atoms with van der Waals surface area (Å²) >= 11 is 9.55. The van der Waals surface area contributed by atoms with E-state index in [4.69, 9.17) is 25.3 Å². The number of carbonyl (C=O) groups is 2. The Labute approximate surface area is 175 Å². The van der Waals surface area contributed by atoms with Crippen LogP contribution in [0.5, 0.6) is 0 Å². The predicted octanol–water partition coefficient (Wildman–Crippen LogP) is -7.17. The van der Waals surface area contributed by atoms with Crippen molar-refractivity contribution in [1.82, 2.24) is 16.0 Å². The van der Waals surface area contributed by atoms with E-state index in [2.05, 4.69) is 16.0 Å². The second-order valence-electron chi connectivity index (χ2n) is 4.19. The summed E-state index contributed by atoms with van der Waals surface area (Å²) in [6.45, 7) is 0.998. The molecular formula is C11H19N3Na2O2S2. The second-order valence-corrected chi connectivity index (χ2v) is 5.01. The largest absolute Gasteiger partial charge is 1.00 e. The van der Waals surface area contributed by atoms with Gasteiger partial charge in [0.15, 0.2) is 0 Å². The van der Waals surface area contributed by atoms with Crippen LogP contribution in [0, 0.1) is 0 Å². The van der Waals surface area contributed by atoms with Crippen LogP contribution in [0.4, 0.5) is 0 Å². The number of hydrogen-bond donors (Lipinski definition) is 3. The van der Waals surface area contributed by atoms with Gasteiger partial charge < -0.3 is 35.9 Å². The Morgan fingerprint density at radius 3 is 1.70 bits per heavy atom. The maximum atomic E-state index is 11.8. The van der Waals surface area contributed by atoms with Gasteiger partial charge in [-0.25, -0.2) is 0 Å². The van der Waals surface area contributed by atoms with Gasteiger partial charge in [0, 0.05) is 0 Å². The van der Waals surface area contributed by atoms with Crippen LogP contribution in [0.25, 0.3) is 0 Å². The maximum absolute atomic E-state index is 11.8. The van der Waals surface area contributed by atoms with E-state index in [-0.39, 0.29) is 83.0 Å². The molecule has 1 fully saturated rings. The molecule has 9 heteroatoms. The molecule has 0 aromatic heterocycles. The zero-order valence-electron chi connectivity index (χ0n) is 12.2. The molecule has 3 N–H and O–H groups in total. The summed E-state index contributed by atoms with van der Waals surface area (Å²) in [5, 5.41) is 8.58. The first-order chi connectivity index (χ1) is 8.69. The van der Waals surface area contributed by atoms with Crippen LogP contribution in [0.15, 0.2) is 0 Å². The van der Waals surface area contributed by atoms with Gasteiger partial charge in [0.05, 0.1) is 12.1 Å². The number of amides is 2. The Morgan fingerprint density at radius 2 is 1.35 bits per heavy atom. The molecule has 1 aliphatic rings. The third-order valence-corrected chi connectivity index (χ3v) is 3.23. The smallest absolute Gasteiger partial charge is 0.791 e. The fraction of sp³-hybridized carbons (Fsp3) is 0.818. The monoisotopic (exact) mass is 335 g/mol. The number of carbonyl (C=O) groups excluding carboxylic acids is 2. The topological polar surface area (TPSA) is 70.2 Å². The third kappa shape index (κ3) is 8.90. The summed E-state index contributed by atoms with van der Waals surface area (Å²) in [6, 6.07) is -0.584. The molecule has 0 aromatic carbocycles. The van der Waals surface area contributed by atoms with Gasteiger partial charge in [0.2, 0.25) is 11.8 Å². The molecule has 0 bridgehead atoms. The van der Waals surface area contributed by atoms with E-state index in [0.29, 0.717) is 24.6 Å². The van der Waals surface area contributed by atoms with Crippen molar-refractivity contribution < 1.29 is 68.7 Å². The van der Waals surface area contributed by atoms with E-state index < -0.39 is 0 Å². The molecule has 5 nitrogen and oxygen atoms in total. The SMILES string of the molecule is O=C(NCC[S-])C1CCCC(C(=O)NCC[S-])N1.[Na+].[Na+]. The van der Waals surface area contributed by atoms with Gasteiger partial charge in [0.1, 0.15) is 0 Å². The standard InChI is InChI=1S/C11H21N3O2S2.2Na/c15-10(12-4-6-17)8-2-1-3-9(14-8)11(16)13-5-7-18;;/h8-9,14,17-18H,1-7H2,(H,12,15)(H,13,16);;/q;2*+1/p-2. The quantitative estimate of drug-likeness (QED) is 0.332. The van der Waals surface area contributed by atoms with Gasteiger partial charge in [-0.15, -0.1) is 0 Å². The van der Waals surface area contributed by atoms with Gasteiger partial charge in [-0.2, -0.15) is 11.5 Å².